The Balaban J connectivity index is 1.29. The molecule has 0 unspecified atom stereocenters. The van der Waals surface area contributed by atoms with E-state index in [0.29, 0.717) is 11.7 Å². The van der Waals surface area contributed by atoms with Crippen LogP contribution in [0.15, 0.2) is 30.3 Å². The molecule has 150 valence electrons. The highest BCUT2D eigenvalue weighted by Crippen LogP contribution is 2.46. The molecule has 0 bridgehead atoms. The fraction of sp³-hybridized carbons (Fsp3) is 0.429. The van der Waals surface area contributed by atoms with E-state index in [9.17, 15) is 4.79 Å². The predicted octanol–water partition coefficient (Wildman–Crippen LogP) is 2.76. The van der Waals surface area contributed by atoms with Crippen LogP contribution in [0.5, 0.6) is 0 Å². The van der Waals surface area contributed by atoms with Crippen LogP contribution in [-0.2, 0) is 5.41 Å². The highest BCUT2D eigenvalue weighted by atomic mass is 16.2. The van der Waals surface area contributed by atoms with Crippen LogP contribution in [0.4, 0.5) is 16.4 Å². The topological polar surface area (TPSA) is 78.7 Å². The first kappa shape index (κ1) is 17.9. The van der Waals surface area contributed by atoms with Crippen molar-refractivity contribution in [2.75, 3.05) is 36.9 Å². The number of likely N-dealkylation sites (N-methyl/N-ethyl adjacent to an activating group) is 1. The van der Waals surface area contributed by atoms with Crippen molar-refractivity contribution < 1.29 is 4.79 Å². The van der Waals surface area contributed by atoms with Crippen molar-refractivity contribution in [1.82, 2.24) is 24.5 Å². The Morgan fingerprint density at radius 3 is 2.69 bits per heavy atom. The maximum atomic E-state index is 12.8. The Hall–Kier alpha value is -3.16. The Kier molecular flexibility index (Phi) is 3.97. The number of aryl methyl sites for hydroxylation is 2. The van der Waals surface area contributed by atoms with Crippen LogP contribution in [-0.4, -0.2) is 57.2 Å². The second-order valence-corrected chi connectivity index (χ2v) is 8.26. The van der Waals surface area contributed by atoms with E-state index in [2.05, 4.69) is 56.6 Å². The minimum Gasteiger partial charge on any atom is -0.373 e. The zero-order chi connectivity index (χ0) is 20.2. The van der Waals surface area contributed by atoms with Crippen LogP contribution in [0.3, 0.4) is 0 Å². The number of fused-ring (bicyclic) bond motifs is 3. The Bertz CT molecular complexity index is 1100. The quantitative estimate of drug-likeness (QED) is 0.690. The average Bonchev–Trinajstić information content (AvgIpc) is 3.22. The number of amides is 2. The Morgan fingerprint density at radius 1 is 1.14 bits per heavy atom. The molecule has 2 aliphatic rings. The molecule has 2 amide bonds. The summed E-state index contributed by atoms with van der Waals surface area (Å²) in [4.78, 5) is 25.7. The fourth-order valence-electron chi connectivity index (χ4n) is 4.84. The van der Waals surface area contributed by atoms with E-state index in [1.165, 1.54) is 11.3 Å². The second-order valence-electron chi connectivity index (χ2n) is 8.26. The lowest BCUT2D eigenvalue weighted by atomic mass is 9.74. The molecule has 0 atom stereocenters. The number of piperidine rings is 1. The molecule has 1 aromatic carbocycles. The van der Waals surface area contributed by atoms with Crippen molar-refractivity contribution in [3.8, 4) is 0 Å². The van der Waals surface area contributed by atoms with E-state index in [1.54, 1.807) is 4.52 Å². The number of rotatable bonds is 1. The lowest BCUT2D eigenvalue weighted by molar-refractivity contribution is 0.173. The van der Waals surface area contributed by atoms with Gasteiger partial charge in [-0.25, -0.2) is 9.78 Å². The van der Waals surface area contributed by atoms with Crippen LogP contribution in [0.25, 0.3) is 5.78 Å². The number of aromatic nitrogens is 4. The number of benzene rings is 1. The van der Waals surface area contributed by atoms with Crippen molar-refractivity contribution >= 4 is 23.4 Å². The first-order chi connectivity index (χ1) is 13.9. The minimum absolute atomic E-state index is 0.141. The molecule has 1 fully saturated rings. The molecule has 0 radical (unpaired) electrons. The summed E-state index contributed by atoms with van der Waals surface area (Å²) in [5.74, 6) is 0.795. The SMILES string of the molecule is Cc1cc(C)n2nc(NC(=O)N3CCC4(CC3)CN(C)c3ccccc34)nc2n1. The maximum absolute atomic E-state index is 12.8. The van der Waals surface area contributed by atoms with Gasteiger partial charge in [-0.15, -0.1) is 5.10 Å². The number of carbonyl (C=O) groups excluding carboxylic acids is 1. The first-order valence-corrected chi connectivity index (χ1v) is 10.0. The molecule has 1 N–H and O–H groups in total. The van der Waals surface area contributed by atoms with Gasteiger partial charge in [-0.1, -0.05) is 18.2 Å². The molecule has 4 heterocycles. The van der Waals surface area contributed by atoms with Gasteiger partial charge in [-0.3, -0.25) is 5.32 Å². The molecule has 8 heteroatoms. The minimum atomic E-state index is -0.148. The number of anilines is 2. The monoisotopic (exact) mass is 391 g/mol. The maximum Gasteiger partial charge on any atom is 0.324 e. The molecule has 29 heavy (non-hydrogen) atoms. The first-order valence-electron chi connectivity index (χ1n) is 10.0. The van der Waals surface area contributed by atoms with E-state index in [0.717, 1.165) is 43.9 Å². The number of nitrogens with one attached hydrogen (secondary N) is 1. The number of urea groups is 1. The van der Waals surface area contributed by atoms with Crippen molar-refractivity contribution in [1.29, 1.82) is 0 Å². The number of para-hydroxylation sites is 1. The van der Waals surface area contributed by atoms with Crippen LogP contribution < -0.4 is 10.2 Å². The second kappa shape index (κ2) is 6.43. The number of hydrogen-bond donors (Lipinski definition) is 1. The number of hydrogen-bond acceptors (Lipinski definition) is 5. The lowest BCUT2D eigenvalue weighted by Gasteiger charge is -2.39. The number of likely N-dealkylation sites (tertiary alicyclic amines) is 1. The fourth-order valence-corrected chi connectivity index (χ4v) is 4.84. The van der Waals surface area contributed by atoms with Crippen LogP contribution in [0, 0.1) is 13.8 Å². The molecule has 8 nitrogen and oxygen atoms in total. The third-order valence-corrected chi connectivity index (χ3v) is 6.27. The third-order valence-electron chi connectivity index (χ3n) is 6.27. The summed E-state index contributed by atoms with van der Waals surface area (Å²) in [6, 6.07) is 10.4. The van der Waals surface area contributed by atoms with Crippen LogP contribution >= 0.6 is 0 Å². The lowest BCUT2D eigenvalue weighted by Crippen LogP contribution is -2.48. The van der Waals surface area contributed by atoms with Gasteiger partial charge in [0, 0.05) is 49.2 Å². The third kappa shape index (κ3) is 2.90. The molecular formula is C21H25N7O. The van der Waals surface area contributed by atoms with Gasteiger partial charge >= 0.3 is 6.03 Å². The molecule has 1 spiro atoms. The standard InChI is InChI=1S/C21H25N7O/c1-14-12-15(2)28-19(22-14)23-18(25-28)24-20(29)27-10-8-21(9-11-27)13-26(3)17-7-5-4-6-16(17)21/h4-7,12H,8-11,13H2,1-3H3,(H,24,25,29). The van der Waals surface area contributed by atoms with Crippen LogP contribution in [0.1, 0.15) is 29.8 Å². The summed E-state index contributed by atoms with van der Waals surface area (Å²) in [6.07, 6.45) is 1.92. The largest absolute Gasteiger partial charge is 0.373 e. The summed E-state index contributed by atoms with van der Waals surface area (Å²) in [5.41, 5.74) is 4.69. The zero-order valence-electron chi connectivity index (χ0n) is 17.0. The predicted molar refractivity (Wildman–Crippen MR) is 111 cm³/mol. The van der Waals surface area contributed by atoms with E-state index in [4.69, 9.17) is 0 Å². The van der Waals surface area contributed by atoms with Crippen LogP contribution in [0.2, 0.25) is 0 Å². The van der Waals surface area contributed by atoms with Crippen molar-refractivity contribution in [2.45, 2.75) is 32.1 Å². The van der Waals surface area contributed by atoms with Crippen molar-refractivity contribution in [2.24, 2.45) is 0 Å². The zero-order valence-corrected chi connectivity index (χ0v) is 17.0. The van der Waals surface area contributed by atoms with Gasteiger partial charge in [-0.05, 0) is 44.4 Å². The van der Waals surface area contributed by atoms with Gasteiger partial charge in [0.1, 0.15) is 0 Å². The Labute approximate surface area is 169 Å². The number of nitrogens with zero attached hydrogens (tertiary/aromatic N) is 6. The molecule has 1 saturated heterocycles. The summed E-state index contributed by atoms with van der Waals surface area (Å²) in [7, 11) is 2.15. The van der Waals surface area contributed by atoms with Crippen molar-refractivity contribution in [3.63, 3.8) is 0 Å². The van der Waals surface area contributed by atoms with Gasteiger partial charge in [0.2, 0.25) is 0 Å². The van der Waals surface area contributed by atoms with Gasteiger partial charge in [0.25, 0.3) is 11.7 Å². The summed E-state index contributed by atoms with van der Waals surface area (Å²) in [6.45, 7) is 6.32. The summed E-state index contributed by atoms with van der Waals surface area (Å²) >= 11 is 0. The molecule has 3 aromatic rings. The highest BCUT2D eigenvalue weighted by Gasteiger charge is 2.44. The van der Waals surface area contributed by atoms with Gasteiger partial charge in [0.15, 0.2) is 0 Å². The molecule has 5 rings (SSSR count). The van der Waals surface area contributed by atoms with Gasteiger partial charge in [0.05, 0.1) is 0 Å². The van der Waals surface area contributed by atoms with Gasteiger partial charge in [-0.2, -0.15) is 9.50 Å². The average molecular weight is 391 g/mol. The normalized spacial score (nSPS) is 17.8. The van der Waals surface area contributed by atoms with Gasteiger partial charge < -0.3 is 9.80 Å². The molecule has 2 aromatic heterocycles. The van der Waals surface area contributed by atoms with E-state index >= 15 is 0 Å². The smallest absolute Gasteiger partial charge is 0.324 e. The van der Waals surface area contributed by atoms with E-state index in [-0.39, 0.29) is 11.4 Å². The number of carbonyl (C=O) groups is 1. The van der Waals surface area contributed by atoms with E-state index < -0.39 is 0 Å². The molecule has 2 aliphatic heterocycles. The Morgan fingerprint density at radius 2 is 1.90 bits per heavy atom. The summed E-state index contributed by atoms with van der Waals surface area (Å²) in [5, 5.41) is 7.22. The highest BCUT2D eigenvalue weighted by molar-refractivity contribution is 5.87. The van der Waals surface area contributed by atoms with E-state index in [1.807, 2.05) is 24.8 Å². The summed E-state index contributed by atoms with van der Waals surface area (Å²) < 4.78 is 1.65. The molecular weight excluding hydrogens is 366 g/mol. The molecule has 0 aliphatic carbocycles. The molecule has 0 saturated carbocycles. The van der Waals surface area contributed by atoms with Crippen molar-refractivity contribution in [3.05, 3.63) is 47.3 Å².